The Morgan fingerprint density at radius 3 is 2.64 bits per heavy atom. The molecule has 0 aliphatic heterocycles. The van der Waals surface area contributed by atoms with Gasteiger partial charge in [0, 0.05) is 0 Å². The van der Waals surface area contributed by atoms with Crippen molar-refractivity contribution >= 4 is 21.4 Å². The van der Waals surface area contributed by atoms with E-state index in [-0.39, 0.29) is 23.2 Å². The van der Waals surface area contributed by atoms with E-state index in [1.807, 2.05) is 0 Å². The van der Waals surface area contributed by atoms with Gasteiger partial charge in [0.15, 0.2) is 15.7 Å². The molecule has 1 aromatic carbocycles. The first-order valence-corrected chi connectivity index (χ1v) is 8.54. The van der Waals surface area contributed by atoms with E-state index in [0.717, 1.165) is 0 Å². The van der Waals surface area contributed by atoms with Crippen molar-refractivity contribution in [3.63, 3.8) is 0 Å². The Morgan fingerprint density at radius 1 is 1.09 bits per heavy atom. The molecule has 0 N–H and O–H groups in total. The average molecular weight is 339 g/mol. The Kier molecular flexibility index (Phi) is 4.00. The molecule has 0 unspecified atom stereocenters. The zero-order chi connectivity index (χ0) is 15.6. The van der Waals surface area contributed by atoms with Crippen LogP contribution in [0, 0.1) is 0 Å². The van der Waals surface area contributed by atoms with Gasteiger partial charge in [-0.1, -0.05) is 28.9 Å². The molecule has 0 spiro atoms. The van der Waals surface area contributed by atoms with Crippen LogP contribution in [0.15, 0.2) is 51.6 Å². The second-order valence-electron chi connectivity index (χ2n) is 4.61. The molecule has 114 valence electrons. The number of benzene rings is 1. The first-order valence-electron chi connectivity index (χ1n) is 6.34. The summed E-state index contributed by atoms with van der Waals surface area (Å²) in [6.07, 6.45) is 1.43. The normalized spacial score (nSPS) is 11.7. The van der Waals surface area contributed by atoms with Crippen molar-refractivity contribution in [1.82, 2.24) is 10.1 Å². The van der Waals surface area contributed by atoms with Crippen molar-refractivity contribution in [2.24, 2.45) is 0 Å². The van der Waals surface area contributed by atoms with E-state index in [0.29, 0.717) is 16.3 Å². The maximum absolute atomic E-state index is 12.1. The standard InChI is InChI=1S/C14H11ClN2O4S/c15-12-6-2-1-5-11(12)14-16-13(17-21-14)9-22(18,19)8-10-4-3-7-20-10/h1-7H,8-9H2. The molecule has 0 saturated heterocycles. The van der Waals surface area contributed by atoms with Crippen LogP contribution in [0.5, 0.6) is 0 Å². The summed E-state index contributed by atoms with van der Waals surface area (Å²) in [7, 11) is -3.45. The number of hydrogen-bond acceptors (Lipinski definition) is 6. The second-order valence-corrected chi connectivity index (χ2v) is 7.08. The van der Waals surface area contributed by atoms with Crippen molar-refractivity contribution < 1.29 is 17.4 Å². The van der Waals surface area contributed by atoms with Gasteiger partial charge in [-0.05, 0) is 24.3 Å². The summed E-state index contributed by atoms with van der Waals surface area (Å²) in [4.78, 5) is 4.08. The van der Waals surface area contributed by atoms with Gasteiger partial charge in [0.25, 0.3) is 5.89 Å². The van der Waals surface area contributed by atoms with Gasteiger partial charge in [-0.25, -0.2) is 8.42 Å². The maximum Gasteiger partial charge on any atom is 0.259 e. The summed E-state index contributed by atoms with van der Waals surface area (Å²) in [5.74, 6) is 0.0996. The lowest BCUT2D eigenvalue weighted by Gasteiger charge is -1.98. The summed E-state index contributed by atoms with van der Waals surface area (Å²) < 4.78 is 34.3. The number of sulfone groups is 1. The lowest BCUT2D eigenvalue weighted by atomic mass is 10.2. The Hall–Kier alpha value is -2.12. The van der Waals surface area contributed by atoms with Crippen molar-refractivity contribution in [2.45, 2.75) is 11.5 Å². The molecule has 2 heterocycles. The first kappa shape index (κ1) is 14.8. The first-order chi connectivity index (χ1) is 10.5. The topological polar surface area (TPSA) is 86.2 Å². The van der Waals surface area contributed by atoms with Crippen LogP contribution in [-0.4, -0.2) is 18.6 Å². The van der Waals surface area contributed by atoms with Crippen LogP contribution in [0.1, 0.15) is 11.6 Å². The molecule has 0 bridgehead atoms. The van der Waals surface area contributed by atoms with Gasteiger partial charge < -0.3 is 8.94 Å². The lowest BCUT2D eigenvalue weighted by molar-refractivity contribution is 0.424. The zero-order valence-electron chi connectivity index (χ0n) is 11.3. The summed E-state index contributed by atoms with van der Waals surface area (Å²) in [5.41, 5.74) is 0.561. The number of halogens is 1. The van der Waals surface area contributed by atoms with Gasteiger partial charge in [-0.3, -0.25) is 0 Å². The number of hydrogen-bond donors (Lipinski definition) is 0. The smallest absolute Gasteiger partial charge is 0.259 e. The van der Waals surface area contributed by atoms with Crippen molar-refractivity contribution in [2.75, 3.05) is 0 Å². The highest BCUT2D eigenvalue weighted by Gasteiger charge is 2.20. The third kappa shape index (κ3) is 3.37. The third-order valence-corrected chi connectivity index (χ3v) is 4.62. The Bertz CT molecular complexity index is 872. The molecular weight excluding hydrogens is 328 g/mol. The number of furan rings is 1. The van der Waals surface area contributed by atoms with Crippen molar-refractivity contribution in [1.29, 1.82) is 0 Å². The second kappa shape index (κ2) is 5.94. The highest BCUT2D eigenvalue weighted by Crippen LogP contribution is 2.26. The molecule has 2 aromatic heterocycles. The lowest BCUT2D eigenvalue weighted by Crippen LogP contribution is -2.08. The van der Waals surface area contributed by atoms with Crippen LogP contribution < -0.4 is 0 Å². The van der Waals surface area contributed by atoms with Gasteiger partial charge in [0.1, 0.15) is 17.3 Å². The fourth-order valence-corrected chi connectivity index (χ4v) is 3.34. The predicted molar refractivity (Wildman–Crippen MR) is 79.8 cm³/mol. The third-order valence-electron chi connectivity index (χ3n) is 2.86. The molecule has 3 aromatic rings. The maximum atomic E-state index is 12.1. The minimum Gasteiger partial charge on any atom is -0.468 e. The van der Waals surface area contributed by atoms with Crippen molar-refractivity contribution in [3.05, 3.63) is 59.3 Å². The average Bonchev–Trinajstić information content (AvgIpc) is 3.10. The molecule has 6 nitrogen and oxygen atoms in total. The SMILES string of the molecule is O=S(=O)(Cc1noc(-c2ccccc2Cl)n1)Cc1ccco1. The van der Waals surface area contributed by atoms with Crippen LogP contribution in [0.25, 0.3) is 11.5 Å². The molecule has 0 amide bonds. The highest BCUT2D eigenvalue weighted by atomic mass is 35.5. The van der Waals surface area contributed by atoms with Crippen LogP contribution in [0.4, 0.5) is 0 Å². The van der Waals surface area contributed by atoms with E-state index in [1.165, 1.54) is 6.26 Å². The van der Waals surface area contributed by atoms with Gasteiger partial charge in [-0.15, -0.1) is 0 Å². The van der Waals surface area contributed by atoms with E-state index in [2.05, 4.69) is 10.1 Å². The Balaban J connectivity index is 1.78. The van der Waals surface area contributed by atoms with Crippen LogP contribution in [-0.2, 0) is 21.3 Å². The summed E-state index contributed by atoms with van der Waals surface area (Å²) in [6, 6.07) is 10.2. The fourth-order valence-electron chi connectivity index (χ4n) is 1.92. The molecule has 0 saturated carbocycles. The van der Waals surface area contributed by atoms with Crippen LogP contribution >= 0.6 is 11.6 Å². The highest BCUT2D eigenvalue weighted by molar-refractivity contribution is 7.89. The molecular formula is C14H11ClN2O4S. The zero-order valence-corrected chi connectivity index (χ0v) is 12.8. The molecule has 0 aliphatic rings. The van der Waals surface area contributed by atoms with E-state index in [1.54, 1.807) is 36.4 Å². The number of rotatable bonds is 5. The summed E-state index contributed by atoms with van der Waals surface area (Å²) >= 11 is 6.04. The predicted octanol–water partition coefficient (Wildman–Crippen LogP) is 3.10. The van der Waals surface area contributed by atoms with E-state index < -0.39 is 9.84 Å². The number of aromatic nitrogens is 2. The largest absolute Gasteiger partial charge is 0.468 e. The fraction of sp³-hybridized carbons (Fsp3) is 0.143. The van der Waals surface area contributed by atoms with E-state index in [4.69, 9.17) is 20.5 Å². The molecule has 8 heteroatoms. The van der Waals surface area contributed by atoms with Gasteiger partial charge in [0.05, 0.1) is 16.8 Å². The summed E-state index contributed by atoms with van der Waals surface area (Å²) in [5, 5.41) is 4.15. The Morgan fingerprint density at radius 2 is 1.91 bits per heavy atom. The van der Waals surface area contributed by atoms with Crippen molar-refractivity contribution in [3.8, 4) is 11.5 Å². The minimum atomic E-state index is -3.45. The van der Waals surface area contributed by atoms with Crippen LogP contribution in [0.3, 0.4) is 0 Å². The van der Waals surface area contributed by atoms with E-state index >= 15 is 0 Å². The van der Waals surface area contributed by atoms with Crippen LogP contribution in [0.2, 0.25) is 5.02 Å². The van der Waals surface area contributed by atoms with Gasteiger partial charge >= 0.3 is 0 Å². The molecule has 0 radical (unpaired) electrons. The quantitative estimate of drug-likeness (QED) is 0.710. The molecule has 0 fully saturated rings. The van der Waals surface area contributed by atoms with Gasteiger partial charge in [-0.2, -0.15) is 4.98 Å². The monoisotopic (exact) mass is 338 g/mol. The van der Waals surface area contributed by atoms with E-state index in [9.17, 15) is 8.42 Å². The minimum absolute atomic E-state index is 0.0847. The Labute approximate surface area is 131 Å². The molecule has 3 rings (SSSR count). The summed E-state index contributed by atoms with van der Waals surface area (Å²) in [6.45, 7) is 0. The molecule has 0 aliphatic carbocycles. The molecule has 0 atom stereocenters. The number of nitrogens with zero attached hydrogens (tertiary/aromatic N) is 2. The van der Waals surface area contributed by atoms with Gasteiger partial charge in [0.2, 0.25) is 0 Å². The molecule has 22 heavy (non-hydrogen) atoms.